The number of hydrogen-bond acceptors (Lipinski definition) is 3. The molecule has 2 aliphatic carbocycles. The van der Waals surface area contributed by atoms with Crippen LogP contribution in [0.5, 0.6) is 0 Å². The second-order valence-electron chi connectivity index (χ2n) is 5.83. The van der Waals surface area contributed by atoms with Gasteiger partial charge in [-0.3, -0.25) is 4.79 Å². The minimum atomic E-state index is 0.249. The van der Waals surface area contributed by atoms with E-state index in [4.69, 9.17) is 0 Å². The molecule has 0 saturated heterocycles. The Labute approximate surface area is 125 Å². The Hall–Kier alpha value is -1.00. The Morgan fingerprint density at radius 3 is 2.85 bits per heavy atom. The highest BCUT2D eigenvalue weighted by Crippen LogP contribution is 2.27. The van der Waals surface area contributed by atoms with Gasteiger partial charge in [0.15, 0.2) is 0 Å². The molecule has 108 valence electrons. The third kappa shape index (κ3) is 4.00. The van der Waals surface area contributed by atoms with Gasteiger partial charge in [-0.25, -0.2) is 0 Å². The van der Waals surface area contributed by atoms with Crippen LogP contribution in [0.2, 0.25) is 0 Å². The van der Waals surface area contributed by atoms with Crippen molar-refractivity contribution in [2.45, 2.75) is 49.2 Å². The van der Waals surface area contributed by atoms with E-state index in [0.29, 0.717) is 11.8 Å². The predicted octanol–water partition coefficient (Wildman–Crippen LogP) is 2.65. The molecule has 2 saturated carbocycles. The number of carbonyl (C=O) groups excluding carboxylic acids is 1. The molecule has 0 bridgehead atoms. The molecule has 0 heterocycles. The molecule has 2 fully saturated rings. The standard InChI is InChI=1S/C16H22N2OS/c1-18(14-7-8-14)16(19)11-20-15-4-2-3-12(9-15)10-17-13-5-6-13/h2-4,9,13-14,17H,5-8,10-11H2,1H3. The lowest BCUT2D eigenvalue weighted by molar-refractivity contribution is -0.127. The van der Waals surface area contributed by atoms with Crippen LogP contribution in [-0.2, 0) is 11.3 Å². The number of nitrogens with one attached hydrogen (secondary N) is 1. The molecule has 20 heavy (non-hydrogen) atoms. The maximum Gasteiger partial charge on any atom is 0.232 e. The molecule has 0 radical (unpaired) electrons. The van der Waals surface area contributed by atoms with Gasteiger partial charge in [-0.15, -0.1) is 11.8 Å². The number of nitrogens with zero attached hydrogens (tertiary/aromatic N) is 1. The summed E-state index contributed by atoms with van der Waals surface area (Å²) in [5.41, 5.74) is 1.31. The smallest absolute Gasteiger partial charge is 0.232 e. The summed E-state index contributed by atoms with van der Waals surface area (Å²) in [6.45, 7) is 0.939. The SMILES string of the molecule is CN(C(=O)CSc1cccc(CNC2CC2)c1)C1CC1. The lowest BCUT2D eigenvalue weighted by Crippen LogP contribution is -2.30. The lowest BCUT2D eigenvalue weighted by Gasteiger charge is -2.15. The quantitative estimate of drug-likeness (QED) is 0.784. The Balaban J connectivity index is 1.48. The number of hydrogen-bond donors (Lipinski definition) is 1. The topological polar surface area (TPSA) is 32.3 Å². The molecular formula is C16H22N2OS. The normalized spacial score (nSPS) is 18.1. The predicted molar refractivity (Wildman–Crippen MR) is 82.8 cm³/mol. The van der Waals surface area contributed by atoms with E-state index in [0.717, 1.165) is 12.6 Å². The first-order valence-corrected chi connectivity index (χ1v) is 8.42. The van der Waals surface area contributed by atoms with E-state index in [9.17, 15) is 4.79 Å². The summed E-state index contributed by atoms with van der Waals surface area (Å²) in [6, 6.07) is 9.77. The molecule has 0 atom stereocenters. The first-order chi connectivity index (χ1) is 9.72. The maximum atomic E-state index is 12.0. The maximum absolute atomic E-state index is 12.0. The van der Waals surface area contributed by atoms with Crippen molar-refractivity contribution in [2.75, 3.05) is 12.8 Å². The third-order valence-corrected chi connectivity index (χ3v) is 4.90. The van der Waals surface area contributed by atoms with Crippen LogP contribution in [0, 0.1) is 0 Å². The van der Waals surface area contributed by atoms with Crippen molar-refractivity contribution in [1.82, 2.24) is 10.2 Å². The van der Waals surface area contributed by atoms with E-state index in [-0.39, 0.29) is 5.91 Å². The van der Waals surface area contributed by atoms with Gasteiger partial charge in [0.25, 0.3) is 0 Å². The van der Waals surface area contributed by atoms with Crippen LogP contribution in [0.15, 0.2) is 29.2 Å². The van der Waals surface area contributed by atoms with Gasteiger partial charge in [-0.2, -0.15) is 0 Å². The van der Waals surface area contributed by atoms with Crippen molar-refractivity contribution in [3.63, 3.8) is 0 Å². The lowest BCUT2D eigenvalue weighted by atomic mass is 10.2. The molecule has 0 aromatic heterocycles. The summed E-state index contributed by atoms with van der Waals surface area (Å²) in [4.78, 5) is 15.1. The zero-order chi connectivity index (χ0) is 13.9. The van der Waals surface area contributed by atoms with E-state index in [1.807, 2.05) is 11.9 Å². The second-order valence-corrected chi connectivity index (χ2v) is 6.88. The van der Waals surface area contributed by atoms with Crippen LogP contribution >= 0.6 is 11.8 Å². The van der Waals surface area contributed by atoms with E-state index in [1.165, 1.54) is 36.1 Å². The summed E-state index contributed by atoms with van der Waals surface area (Å²) >= 11 is 1.65. The van der Waals surface area contributed by atoms with Crippen LogP contribution in [0.3, 0.4) is 0 Å². The van der Waals surface area contributed by atoms with Crippen molar-refractivity contribution in [3.8, 4) is 0 Å². The van der Waals surface area contributed by atoms with Crippen LogP contribution < -0.4 is 5.32 Å². The van der Waals surface area contributed by atoms with Gasteiger partial charge in [0.2, 0.25) is 5.91 Å². The third-order valence-electron chi connectivity index (χ3n) is 3.92. The van der Waals surface area contributed by atoms with Gasteiger partial charge in [-0.1, -0.05) is 12.1 Å². The van der Waals surface area contributed by atoms with Crippen molar-refractivity contribution in [1.29, 1.82) is 0 Å². The number of rotatable bonds is 7. The number of thioether (sulfide) groups is 1. The minimum Gasteiger partial charge on any atom is -0.342 e. The Morgan fingerprint density at radius 2 is 2.15 bits per heavy atom. The minimum absolute atomic E-state index is 0.249. The average Bonchev–Trinajstić information content (AvgIpc) is 3.35. The van der Waals surface area contributed by atoms with Gasteiger partial charge >= 0.3 is 0 Å². The van der Waals surface area contributed by atoms with Crippen LogP contribution in [0.25, 0.3) is 0 Å². The molecule has 0 aliphatic heterocycles. The molecule has 3 nitrogen and oxygen atoms in total. The first kappa shape index (κ1) is 14.0. The van der Waals surface area contributed by atoms with Gasteiger partial charge in [0, 0.05) is 30.6 Å². The van der Waals surface area contributed by atoms with Crippen LogP contribution in [0.4, 0.5) is 0 Å². The summed E-state index contributed by atoms with van der Waals surface area (Å²) in [6.07, 6.45) is 4.98. The van der Waals surface area contributed by atoms with Gasteiger partial charge in [0.1, 0.15) is 0 Å². The highest BCUT2D eigenvalue weighted by Gasteiger charge is 2.29. The van der Waals surface area contributed by atoms with Crippen LogP contribution in [-0.4, -0.2) is 35.7 Å². The zero-order valence-corrected chi connectivity index (χ0v) is 12.8. The molecule has 0 unspecified atom stereocenters. The van der Waals surface area contributed by atoms with Crippen molar-refractivity contribution in [3.05, 3.63) is 29.8 Å². The molecule has 1 aromatic rings. The summed E-state index contributed by atoms with van der Waals surface area (Å²) < 4.78 is 0. The fourth-order valence-corrected chi connectivity index (χ4v) is 3.11. The van der Waals surface area contributed by atoms with E-state index >= 15 is 0 Å². The van der Waals surface area contributed by atoms with E-state index in [2.05, 4.69) is 29.6 Å². The Kier molecular flexibility index (Phi) is 4.32. The monoisotopic (exact) mass is 290 g/mol. The van der Waals surface area contributed by atoms with E-state index < -0.39 is 0 Å². The molecule has 1 N–H and O–H groups in total. The van der Waals surface area contributed by atoms with Crippen LogP contribution in [0.1, 0.15) is 31.2 Å². The van der Waals surface area contributed by atoms with Crippen molar-refractivity contribution >= 4 is 17.7 Å². The first-order valence-electron chi connectivity index (χ1n) is 7.43. The van der Waals surface area contributed by atoms with Crippen molar-refractivity contribution < 1.29 is 4.79 Å². The zero-order valence-electron chi connectivity index (χ0n) is 12.0. The molecule has 4 heteroatoms. The molecule has 2 aliphatic rings. The van der Waals surface area contributed by atoms with Gasteiger partial charge in [0.05, 0.1) is 5.75 Å². The largest absolute Gasteiger partial charge is 0.342 e. The molecule has 3 rings (SSSR count). The fourth-order valence-electron chi connectivity index (χ4n) is 2.21. The Bertz CT molecular complexity index is 483. The summed E-state index contributed by atoms with van der Waals surface area (Å²) in [5.74, 6) is 0.797. The number of benzene rings is 1. The summed E-state index contributed by atoms with van der Waals surface area (Å²) in [5, 5.41) is 3.52. The fraction of sp³-hybridized carbons (Fsp3) is 0.562. The highest BCUT2D eigenvalue weighted by atomic mass is 32.2. The highest BCUT2D eigenvalue weighted by molar-refractivity contribution is 8.00. The summed E-state index contributed by atoms with van der Waals surface area (Å²) in [7, 11) is 1.93. The number of carbonyl (C=O) groups is 1. The molecule has 1 aromatic carbocycles. The number of amides is 1. The van der Waals surface area contributed by atoms with Gasteiger partial charge in [-0.05, 0) is 43.4 Å². The Morgan fingerprint density at radius 1 is 1.35 bits per heavy atom. The second kappa shape index (κ2) is 6.19. The van der Waals surface area contributed by atoms with Crippen molar-refractivity contribution in [2.24, 2.45) is 0 Å². The average molecular weight is 290 g/mol. The van der Waals surface area contributed by atoms with Gasteiger partial charge < -0.3 is 10.2 Å². The molecule has 1 amide bonds. The molecule has 0 spiro atoms. The van der Waals surface area contributed by atoms with E-state index in [1.54, 1.807) is 11.8 Å². The molecular weight excluding hydrogens is 268 g/mol.